The van der Waals surface area contributed by atoms with Gasteiger partial charge in [-0.1, -0.05) is 67.2 Å². The van der Waals surface area contributed by atoms with Crippen LogP contribution in [0.1, 0.15) is 24.0 Å². The number of aryl methyl sites for hydroxylation is 1. The van der Waals surface area contributed by atoms with Crippen LogP contribution in [0.25, 0.3) is 0 Å². The number of rotatable bonds is 7. The molecule has 0 radical (unpaired) electrons. The maximum absolute atomic E-state index is 5.91. The van der Waals surface area contributed by atoms with Gasteiger partial charge in [0.2, 0.25) is 0 Å². The van der Waals surface area contributed by atoms with E-state index in [1.165, 1.54) is 16.2 Å². The minimum Gasteiger partial charge on any atom is -0.356 e. The van der Waals surface area contributed by atoms with Crippen molar-refractivity contribution in [1.82, 2.24) is 9.55 Å². The molecule has 0 aliphatic rings. The lowest BCUT2D eigenvalue weighted by atomic mass is 10.2. The third-order valence-corrected chi connectivity index (χ3v) is 4.88. The zero-order valence-corrected chi connectivity index (χ0v) is 14.9. The Bertz CT molecular complexity index is 769. The highest BCUT2D eigenvalue weighted by atomic mass is 32.2. The van der Waals surface area contributed by atoms with Crippen LogP contribution in [0.2, 0.25) is 0 Å². The molecule has 0 atom stereocenters. The van der Waals surface area contributed by atoms with E-state index in [4.69, 9.17) is 9.72 Å². The fourth-order valence-electron chi connectivity index (χ4n) is 2.61. The molecule has 124 valence electrons. The van der Waals surface area contributed by atoms with Gasteiger partial charge in [-0.2, -0.15) is 0 Å². The first-order valence-corrected chi connectivity index (χ1v) is 9.00. The van der Waals surface area contributed by atoms with Crippen molar-refractivity contribution in [2.24, 2.45) is 0 Å². The first kappa shape index (κ1) is 16.8. The lowest BCUT2D eigenvalue weighted by Crippen LogP contribution is -2.08. The average molecular weight is 338 g/mol. The summed E-state index contributed by atoms with van der Waals surface area (Å²) in [6.45, 7) is 5.36. The van der Waals surface area contributed by atoms with E-state index in [0.29, 0.717) is 13.3 Å². The van der Waals surface area contributed by atoms with Crippen molar-refractivity contribution in [2.45, 2.75) is 43.5 Å². The van der Waals surface area contributed by atoms with Crippen LogP contribution < -0.4 is 0 Å². The van der Waals surface area contributed by atoms with Crippen LogP contribution in [0.5, 0.6) is 0 Å². The molecule has 3 aromatic rings. The smallest absolute Gasteiger partial charge is 0.124 e. The molecule has 0 bridgehead atoms. The zero-order chi connectivity index (χ0) is 16.8. The van der Waals surface area contributed by atoms with Crippen LogP contribution in [0, 0.1) is 6.92 Å². The molecule has 0 saturated carbocycles. The monoisotopic (exact) mass is 338 g/mol. The van der Waals surface area contributed by atoms with Crippen molar-refractivity contribution in [3.05, 3.63) is 77.7 Å². The van der Waals surface area contributed by atoms with Gasteiger partial charge in [0.1, 0.15) is 17.6 Å². The Morgan fingerprint density at radius 3 is 2.33 bits per heavy atom. The third kappa shape index (κ3) is 4.08. The van der Waals surface area contributed by atoms with Gasteiger partial charge in [-0.05, 0) is 31.0 Å². The molecule has 0 amide bonds. The summed E-state index contributed by atoms with van der Waals surface area (Å²) in [5, 5.41) is 1.07. The van der Waals surface area contributed by atoms with Gasteiger partial charge in [0, 0.05) is 4.90 Å². The first-order chi connectivity index (χ1) is 11.8. The summed E-state index contributed by atoms with van der Waals surface area (Å²) in [6, 6.07) is 20.6. The molecule has 0 fully saturated rings. The number of benzene rings is 2. The summed E-state index contributed by atoms with van der Waals surface area (Å²) in [5.41, 5.74) is 2.42. The zero-order valence-electron chi connectivity index (χ0n) is 14.1. The van der Waals surface area contributed by atoms with Gasteiger partial charge in [0.05, 0.1) is 12.3 Å². The number of nitrogens with zero attached hydrogens (tertiary/aromatic N) is 2. The first-order valence-electron chi connectivity index (χ1n) is 8.18. The molecule has 0 saturated heterocycles. The minimum absolute atomic E-state index is 0.534. The second-order valence-corrected chi connectivity index (χ2v) is 6.63. The summed E-state index contributed by atoms with van der Waals surface area (Å²) >= 11 is 1.72. The van der Waals surface area contributed by atoms with Gasteiger partial charge >= 0.3 is 0 Å². The predicted octanol–water partition coefficient (Wildman–Crippen LogP) is 5.08. The molecule has 24 heavy (non-hydrogen) atoms. The van der Waals surface area contributed by atoms with E-state index in [0.717, 1.165) is 17.3 Å². The predicted molar refractivity (Wildman–Crippen MR) is 98.1 cm³/mol. The molecule has 0 aliphatic carbocycles. The Hall–Kier alpha value is -2.04. The number of hydrogen-bond donors (Lipinski definition) is 0. The average Bonchev–Trinajstić information content (AvgIpc) is 2.91. The van der Waals surface area contributed by atoms with Crippen molar-refractivity contribution < 1.29 is 4.74 Å². The fraction of sp³-hybridized carbons (Fsp3) is 0.250. The Balaban J connectivity index is 1.71. The summed E-state index contributed by atoms with van der Waals surface area (Å²) < 4.78 is 8.08. The standard InChI is InChI=1S/C20H22N2OS/c1-3-19-20(24-18-12-8-5-9-13-18)21-16(2)22(19)15-23-14-17-10-6-4-7-11-17/h4-13H,3,14-15H2,1-2H3. The van der Waals surface area contributed by atoms with Crippen molar-refractivity contribution in [1.29, 1.82) is 0 Å². The van der Waals surface area contributed by atoms with Gasteiger partial charge < -0.3 is 9.30 Å². The fourth-order valence-corrected chi connectivity index (χ4v) is 3.67. The molecule has 0 spiro atoms. The van der Waals surface area contributed by atoms with E-state index in [1.807, 2.05) is 31.2 Å². The van der Waals surface area contributed by atoms with E-state index in [-0.39, 0.29) is 0 Å². The van der Waals surface area contributed by atoms with Crippen LogP contribution in [-0.4, -0.2) is 9.55 Å². The van der Waals surface area contributed by atoms with Gasteiger partial charge in [0.15, 0.2) is 0 Å². The largest absolute Gasteiger partial charge is 0.356 e. The molecule has 1 aromatic heterocycles. The second-order valence-electron chi connectivity index (χ2n) is 5.57. The maximum Gasteiger partial charge on any atom is 0.124 e. The molecular weight excluding hydrogens is 316 g/mol. The lowest BCUT2D eigenvalue weighted by Gasteiger charge is -2.11. The number of imidazole rings is 1. The minimum atomic E-state index is 0.534. The van der Waals surface area contributed by atoms with E-state index < -0.39 is 0 Å². The van der Waals surface area contributed by atoms with Gasteiger partial charge in [-0.25, -0.2) is 4.98 Å². The Labute approximate surface area is 147 Å². The number of hydrogen-bond acceptors (Lipinski definition) is 3. The van der Waals surface area contributed by atoms with Crippen LogP contribution in [0.4, 0.5) is 0 Å². The SMILES string of the molecule is CCc1c(Sc2ccccc2)nc(C)n1COCc1ccccc1. The molecule has 3 rings (SSSR count). The van der Waals surface area contributed by atoms with E-state index >= 15 is 0 Å². The highest BCUT2D eigenvalue weighted by molar-refractivity contribution is 7.99. The van der Waals surface area contributed by atoms with Crippen LogP contribution in [-0.2, 0) is 24.5 Å². The van der Waals surface area contributed by atoms with Crippen LogP contribution in [0.3, 0.4) is 0 Å². The van der Waals surface area contributed by atoms with E-state index in [9.17, 15) is 0 Å². The topological polar surface area (TPSA) is 27.1 Å². The Kier molecular flexibility index (Phi) is 5.72. The highest BCUT2D eigenvalue weighted by Gasteiger charge is 2.14. The molecule has 0 N–H and O–H groups in total. The van der Waals surface area contributed by atoms with Crippen molar-refractivity contribution >= 4 is 11.8 Å². The van der Waals surface area contributed by atoms with Gasteiger partial charge in [0.25, 0.3) is 0 Å². The van der Waals surface area contributed by atoms with Gasteiger partial charge in [-0.3, -0.25) is 0 Å². The van der Waals surface area contributed by atoms with Crippen LogP contribution in [0.15, 0.2) is 70.6 Å². The molecule has 0 aliphatic heterocycles. The maximum atomic E-state index is 5.91. The molecule has 2 aromatic carbocycles. The molecular formula is C20H22N2OS. The summed E-state index contributed by atoms with van der Waals surface area (Å²) in [4.78, 5) is 5.96. The quantitative estimate of drug-likeness (QED) is 0.601. The summed E-state index contributed by atoms with van der Waals surface area (Å²) in [7, 11) is 0. The normalized spacial score (nSPS) is 10.9. The second kappa shape index (κ2) is 8.18. The number of aromatic nitrogens is 2. The van der Waals surface area contributed by atoms with Crippen molar-refractivity contribution in [2.75, 3.05) is 0 Å². The van der Waals surface area contributed by atoms with E-state index in [2.05, 4.69) is 47.9 Å². The number of ether oxygens (including phenoxy) is 1. The highest BCUT2D eigenvalue weighted by Crippen LogP contribution is 2.30. The summed E-state index contributed by atoms with van der Waals surface area (Å²) in [6.07, 6.45) is 0.935. The third-order valence-electron chi connectivity index (χ3n) is 3.85. The Morgan fingerprint density at radius 2 is 1.67 bits per heavy atom. The van der Waals surface area contributed by atoms with Crippen molar-refractivity contribution in [3.8, 4) is 0 Å². The Morgan fingerprint density at radius 1 is 1.00 bits per heavy atom. The molecule has 4 heteroatoms. The van der Waals surface area contributed by atoms with Gasteiger partial charge in [-0.15, -0.1) is 0 Å². The molecule has 0 unspecified atom stereocenters. The lowest BCUT2D eigenvalue weighted by molar-refractivity contribution is 0.0609. The van der Waals surface area contributed by atoms with E-state index in [1.54, 1.807) is 11.8 Å². The molecule has 3 nitrogen and oxygen atoms in total. The molecule has 1 heterocycles. The van der Waals surface area contributed by atoms with Crippen LogP contribution >= 0.6 is 11.8 Å². The van der Waals surface area contributed by atoms with Crippen molar-refractivity contribution in [3.63, 3.8) is 0 Å². The summed E-state index contributed by atoms with van der Waals surface area (Å²) in [5.74, 6) is 0.998.